The molecule has 0 unspecified atom stereocenters. The third-order valence-corrected chi connectivity index (χ3v) is 3.49. The fourth-order valence-electron chi connectivity index (χ4n) is 2.39. The van der Waals surface area contributed by atoms with Gasteiger partial charge in [-0.05, 0) is 31.2 Å². The summed E-state index contributed by atoms with van der Waals surface area (Å²) in [4.78, 5) is 2.26. The average Bonchev–Trinajstić information content (AvgIpc) is 2.96. The van der Waals surface area contributed by atoms with Crippen LogP contribution in [0.2, 0.25) is 0 Å². The third kappa shape index (κ3) is 3.40. The van der Waals surface area contributed by atoms with E-state index in [1.807, 2.05) is 24.3 Å². The lowest BCUT2D eigenvalue weighted by Gasteiger charge is -2.29. The van der Waals surface area contributed by atoms with Crippen molar-refractivity contribution in [3.8, 4) is 17.2 Å². The van der Waals surface area contributed by atoms with Crippen LogP contribution in [0.25, 0.3) is 11.5 Å². The number of aromatic nitrogens is 2. The maximum absolute atomic E-state index is 5.74. The van der Waals surface area contributed by atoms with E-state index >= 15 is 0 Å². The van der Waals surface area contributed by atoms with E-state index in [0.29, 0.717) is 18.3 Å². The highest BCUT2D eigenvalue weighted by Crippen LogP contribution is 2.21. The minimum absolute atomic E-state index is 0.253. The first-order valence-corrected chi connectivity index (χ1v) is 7.05. The molecule has 0 N–H and O–H groups in total. The first-order valence-electron chi connectivity index (χ1n) is 7.05. The van der Waals surface area contributed by atoms with Crippen LogP contribution in [0.4, 0.5) is 0 Å². The highest BCUT2D eigenvalue weighted by Gasteiger charge is 2.19. The van der Waals surface area contributed by atoms with Crippen LogP contribution in [0, 0.1) is 0 Å². The zero-order valence-corrected chi connectivity index (χ0v) is 12.3. The van der Waals surface area contributed by atoms with Gasteiger partial charge in [0.1, 0.15) is 5.75 Å². The van der Waals surface area contributed by atoms with Gasteiger partial charge < -0.3 is 13.9 Å². The van der Waals surface area contributed by atoms with E-state index in [1.54, 1.807) is 7.11 Å². The summed E-state index contributed by atoms with van der Waals surface area (Å²) in [5.41, 5.74) is 0.893. The quantitative estimate of drug-likeness (QED) is 0.857. The zero-order chi connectivity index (χ0) is 14.7. The second kappa shape index (κ2) is 6.24. The molecule has 2 heterocycles. The Morgan fingerprint density at radius 1 is 1.29 bits per heavy atom. The average molecular weight is 289 g/mol. The molecule has 21 heavy (non-hydrogen) atoms. The molecule has 1 saturated heterocycles. The minimum atomic E-state index is 0.253. The van der Waals surface area contributed by atoms with Gasteiger partial charge >= 0.3 is 0 Å². The predicted octanol–water partition coefficient (Wildman–Crippen LogP) is 1.97. The first-order chi connectivity index (χ1) is 10.2. The summed E-state index contributed by atoms with van der Waals surface area (Å²) in [5.74, 6) is 1.98. The van der Waals surface area contributed by atoms with Gasteiger partial charge in [0.25, 0.3) is 0 Å². The zero-order valence-electron chi connectivity index (χ0n) is 12.3. The molecule has 0 aliphatic carbocycles. The third-order valence-electron chi connectivity index (χ3n) is 3.49. The molecule has 1 atom stereocenters. The van der Waals surface area contributed by atoms with Crippen LogP contribution in [-0.4, -0.2) is 48.0 Å². The van der Waals surface area contributed by atoms with Crippen molar-refractivity contribution in [1.29, 1.82) is 0 Å². The van der Waals surface area contributed by atoms with Gasteiger partial charge in [-0.1, -0.05) is 0 Å². The Morgan fingerprint density at radius 2 is 2.10 bits per heavy atom. The summed E-state index contributed by atoms with van der Waals surface area (Å²) < 4.78 is 16.4. The van der Waals surface area contributed by atoms with Gasteiger partial charge in [-0.15, -0.1) is 10.2 Å². The van der Waals surface area contributed by atoms with Crippen LogP contribution in [0.15, 0.2) is 28.7 Å². The van der Waals surface area contributed by atoms with Crippen LogP contribution in [0.1, 0.15) is 12.8 Å². The molecule has 2 aromatic rings. The van der Waals surface area contributed by atoms with Gasteiger partial charge in [0, 0.05) is 18.7 Å². The van der Waals surface area contributed by atoms with Crippen molar-refractivity contribution in [3.63, 3.8) is 0 Å². The van der Waals surface area contributed by atoms with Crippen molar-refractivity contribution in [2.45, 2.75) is 19.6 Å². The Balaban J connectivity index is 1.67. The number of nitrogens with zero attached hydrogens (tertiary/aromatic N) is 3. The number of morpholine rings is 1. The Labute approximate surface area is 123 Å². The normalized spacial score (nSPS) is 19.6. The van der Waals surface area contributed by atoms with Gasteiger partial charge in [-0.25, -0.2) is 0 Å². The van der Waals surface area contributed by atoms with E-state index in [-0.39, 0.29) is 6.10 Å². The van der Waals surface area contributed by atoms with Gasteiger partial charge in [0.2, 0.25) is 11.8 Å². The second-order valence-corrected chi connectivity index (χ2v) is 5.15. The Bertz CT molecular complexity index is 582. The summed E-state index contributed by atoms with van der Waals surface area (Å²) >= 11 is 0. The van der Waals surface area contributed by atoms with E-state index < -0.39 is 0 Å². The van der Waals surface area contributed by atoms with Crippen molar-refractivity contribution >= 4 is 0 Å². The van der Waals surface area contributed by atoms with Crippen LogP contribution in [-0.2, 0) is 11.3 Å². The van der Waals surface area contributed by atoms with Crippen molar-refractivity contribution in [2.24, 2.45) is 0 Å². The predicted molar refractivity (Wildman–Crippen MR) is 77.0 cm³/mol. The smallest absolute Gasteiger partial charge is 0.247 e. The lowest BCUT2D eigenvalue weighted by atomic mass is 10.2. The summed E-state index contributed by atoms with van der Waals surface area (Å²) in [5, 5.41) is 8.23. The molecule has 0 radical (unpaired) electrons. The van der Waals surface area contributed by atoms with Crippen molar-refractivity contribution in [3.05, 3.63) is 30.2 Å². The lowest BCUT2D eigenvalue weighted by Crippen LogP contribution is -2.40. The van der Waals surface area contributed by atoms with Gasteiger partial charge in [-0.2, -0.15) is 0 Å². The molecular formula is C15H19N3O3. The highest BCUT2D eigenvalue weighted by molar-refractivity contribution is 5.53. The molecule has 3 rings (SSSR count). The molecular weight excluding hydrogens is 270 g/mol. The number of ether oxygens (including phenoxy) is 2. The molecule has 0 saturated carbocycles. The minimum Gasteiger partial charge on any atom is -0.497 e. The van der Waals surface area contributed by atoms with E-state index in [9.17, 15) is 0 Å². The summed E-state index contributed by atoms with van der Waals surface area (Å²) in [6.07, 6.45) is 0.253. The molecule has 0 amide bonds. The summed E-state index contributed by atoms with van der Waals surface area (Å²) in [6, 6.07) is 7.57. The van der Waals surface area contributed by atoms with Crippen molar-refractivity contribution in [1.82, 2.24) is 15.1 Å². The molecule has 0 bridgehead atoms. The maximum atomic E-state index is 5.74. The Kier molecular flexibility index (Phi) is 4.17. The lowest BCUT2D eigenvalue weighted by molar-refractivity contribution is -0.0235. The maximum Gasteiger partial charge on any atom is 0.247 e. The number of methoxy groups -OCH3 is 1. The molecule has 0 spiro atoms. The number of benzene rings is 1. The van der Waals surface area contributed by atoms with Gasteiger partial charge in [-0.3, -0.25) is 4.90 Å². The Morgan fingerprint density at radius 3 is 2.81 bits per heavy atom. The number of rotatable bonds is 4. The molecule has 6 nitrogen and oxygen atoms in total. The molecule has 1 aromatic heterocycles. The molecule has 1 aromatic carbocycles. The van der Waals surface area contributed by atoms with Crippen LogP contribution >= 0.6 is 0 Å². The molecule has 6 heteroatoms. The van der Waals surface area contributed by atoms with Crippen LogP contribution in [0.3, 0.4) is 0 Å². The SMILES string of the molecule is COc1ccc(-c2nnc(CN3CCO[C@H](C)C3)o2)cc1. The monoisotopic (exact) mass is 289 g/mol. The van der Waals surface area contributed by atoms with Gasteiger partial charge in [0.05, 0.1) is 26.4 Å². The van der Waals surface area contributed by atoms with E-state index in [0.717, 1.165) is 31.0 Å². The number of hydrogen-bond donors (Lipinski definition) is 0. The molecule has 112 valence electrons. The molecule has 1 aliphatic rings. The Hall–Kier alpha value is -1.92. The van der Waals surface area contributed by atoms with E-state index in [2.05, 4.69) is 22.0 Å². The van der Waals surface area contributed by atoms with Crippen LogP contribution in [0.5, 0.6) is 5.75 Å². The van der Waals surface area contributed by atoms with E-state index in [1.165, 1.54) is 0 Å². The number of hydrogen-bond acceptors (Lipinski definition) is 6. The highest BCUT2D eigenvalue weighted by atomic mass is 16.5. The fraction of sp³-hybridized carbons (Fsp3) is 0.467. The van der Waals surface area contributed by atoms with Crippen molar-refractivity contribution < 1.29 is 13.9 Å². The molecule has 1 aliphatic heterocycles. The standard InChI is InChI=1S/C15H19N3O3/c1-11-9-18(7-8-20-11)10-14-16-17-15(21-14)12-3-5-13(19-2)6-4-12/h3-6,11H,7-10H2,1-2H3/t11-/m1/s1. The second-order valence-electron chi connectivity index (χ2n) is 5.15. The van der Waals surface area contributed by atoms with E-state index in [4.69, 9.17) is 13.9 Å². The molecule has 1 fully saturated rings. The van der Waals surface area contributed by atoms with Gasteiger partial charge in [0.15, 0.2) is 0 Å². The largest absolute Gasteiger partial charge is 0.497 e. The topological polar surface area (TPSA) is 60.6 Å². The van der Waals surface area contributed by atoms with Crippen molar-refractivity contribution in [2.75, 3.05) is 26.8 Å². The van der Waals surface area contributed by atoms with Crippen LogP contribution < -0.4 is 4.74 Å². The summed E-state index contributed by atoms with van der Waals surface area (Å²) in [6.45, 7) is 5.27. The summed E-state index contributed by atoms with van der Waals surface area (Å²) in [7, 11) is 1.64. The fourth-order valence-corrected chi connectivity index (χ4v) is 2.39. The first kappa shape index (κ1) is 14.0.